The standard InChI is InChI=1S/C12H14ClNO3S/c1-14-10(7-18(2,15)16)11-6-8-4-3-5-9(13)12(8)17-11/h3-6,10,14H,7H2,1-2H3. The highest BCUT2D eigenvalue weighted by atomic mass is 35.5. The smallest absolute Gasteiger partial charge is 0.152 e. The third kappa shape index (κ3) is 2.85. The number of rotatable bonds is 4. The molecular formula is C12H14ClNO3S. The van der Waals surface area contributed by atoms with Crippen LogP contribution in [0, 0.1) is 0 Å². The molecule has 0 fully saturated rings. The largest absolute Gasteiger partial charge is 0.458 e. The Balaban J connectivity index is 2.43. The van der Waals surface area contributed by atoms with Gasteiger partial charge in [-0.25, -0.2) is 8.42 Å². The van der Waals surface area contributed by atoms with Gasteiger partial charge in [0, 0.05) is 11.6 Å². The van der Waals surface area contributed by atoms with Gasteiger partial charge < -0.3 is 9.73 Å². The third-order valence-electron chi connectivity index (χ3n) is 2.68. The van der Waals surface area contributed by atoms with E-state index < -0.39 is 9.84 Å². The molecular weight excluding hydrogens is 274 g/mol. The van der Waals surface area contributed by atoms with E-state index in [0.717, 1.165) is 5.39 Å². The summed E-state index contributed by atoms with van der Waals surface area (Å²) in [6, 6.07) is 6.88. The van der Waals surface area contributed by atoms with Crippen LogP contribution in [-0.2, 0) is 9.84 Å². The Morgan fingerprint density at radius 1 is 1.44 bits per heavy atom. The van der Waals surface area contributed by atoms with Crippen LogP contribution in [-0.4, -0.2) is 27.5 Å². The zero-order valence-corrected chi connectivity index (χ0v) is 11.7. The van der Waals surface area contributed by atoms with Crippen molar-refractivity contribution in [2.24, 2.45) is 0 Å². The van der Waals surface area contributed by atoms with Gasteiger partial charge in [0.1, 0.15) is 15.6 Å². The van der Waals surface area contributed by atoms with Gasteiger partial charge in [0.15, 0.2) is 5.58 Å². The van der Waals surface area contributed by atoms with E-state index in [-0.39, 0.29) is 11.8 Å². The molecule has 0 aliphatic carbocycles. The van der Waals surface area contributed by atoms with Crippen molar-refractivity contribution in [3.8, 4) is 0 Å². The van der Waals surface area contributed by atoms with Gasteiger partial charge in [0.05, 0.1) is 16.8 Å². The number of para-hydroxylation sites is 1. The van der Waals surface area contributed by atoms with Gasteiger partial charge in [-0.15, -0.1) is 0 Å². The Morgan fingerprint density at radius 3 is 2.72 bits per heavy atom. The predicted octanol–water partition coefficient (Wildman–Crippen LogP) is 2.39. The van der Waals surface area contributed by atoms with Gasteiger partial charge in [0.25, 0.3) is 0 Å². The van der Waals surface area contributed by atoms with Crippen molar-refractivity contribution in [2.45, 2.75) is 6.04 Å². The van der Waals surface area contributed by atoms with Gasteiger partial charge in [-0.3, -0.25) is 0 Å². The first-order valence-electron chi connectivity index (χ1n) is 5.43. The minimum Gasteiger partial charge on any atom is -0.458 e. The zero-order valence-electron chi connectivity index (χ0n) is 10.1. The summed E-state index contributed by atoms with van der Waals surface area (Å²) in [6.07, 6.45) is 1.20. The number of nitrogens with one attached hydrogen (secondary N) is 1. The number of sulfone groups is 1. The highest BCUT2D eigenvalue weighted by Gasteiger charge is 2.20. The van der Waals surface area contributed by atoms with E-state index >= 15 is 0 Å². The van der Waals surface area contributed by atoms with Gasteiger partial charge in [0.2, 0.25) is 0 Å². The number of benzene rings is 1. The maximum absolute atomic E-state index is 11.3. The molecule has 6 heteroatoms. The van der Waals surface area contributed by atoms with E-state index in [1.807, 2.05) is 18.2 Å². The van der Waals surface area contributed by atoms with E-state index in [9.17, 15) is 8.42 Å². The summed E-state index contributed by atoms with van der Waals surface area (Å²) in [5, 5.41) is 4.33. The Kier molecular flexibility index (Phi) is 3.66. The molecule has 4 nitrogen and oxygen atoms in total. The minimum absolute atomic E-state index is 0.0130. The summed E-state index contributed by atoms with van der Waals surface area (Å²) in [5.74, 6) is 0.562. The summed E-state index contributed by atoms with van der Waals surface area (Å²) >= 11 is 6.02. The molecule has 1 N–H and O–H groups in total. The van der Waals surface area contributed by atoms with E-state index in [1.165, 1.54) is 6.26 Å². The zero-order chi connectivity index (χ0) is 13.3. The van der Waals surface area contributed by atoms with E-state index in [2.05, 4.69) is 5.32 Å². The molecule has 1 heterocycles. The van der Waals surface area contributed by atoms with Crippen LogP contribution in [0.15, 0.2) is 28.7 Å². The fraction of sp³-hybridized carbons (Fsp3) is 0.333. The molecule has 1 aromatic carbocycles. The lowest BCUT2D eigenvalue weighted by Gasteiger charge is -2.11. The average molecular weight is 288 g/mol. The van der Waals surface area contributed by atoms with Crippen LogP contribution in [0.2, 0.25) is 5.02 Å². The second-order valence-electron chi connectivity index (χ2n) is 4.24. The van der Waals surface area contributed by atoms with Crippen LogP contribution in [0.4, 0.5) is 0 Å². The van der Waals surface area contributed by atoms with Crippen molar-refractivity contribution in [1.29, 1.82) is 0 Å². The fourth-order valence-electron chi connectivity index (χ4n) is 1.83. The monoisotopic (exact) mass is 287 g/mol. The van der Waals surface area contributed by atoms with Crippen LogP contribution in [0.25, 0.3) is 11.0 Å². The molecule has 0 amide bonds. The van der Waals surface area contributed by atoms with Crippen molar-refractivity contribution in [1.82, 2.24) is 5.32 Å². The third-order valence-corrected chi connectivity index (χ3v) is 3.91. The number of hydrogen-bond donors (Lipinski definition) is 1. The molecule has 2 rings (SSSR count). The molecule has 0 aliphatic heterocycles. The number of fused-ring (bicyclic) bond motifs is 1. The molecule has 0 aliphatic rings. The summed E-state index contributed by atoms with van der Waals surface area (Å²) in [5.41, 5.74) is 0.586. The summed E-state index contributed by atoms with van der Waals surface area (Å²) in [4.78, 5) is 0. The van der Waals surface area contributed by atoms with E-state index in [4.69, 9.17) is 16.0 Å². The van der Waals surface area contributed by atoms with Crippen molar-refractivity contribution in [3.05, 3.63) is 35.0 Å². The summed E-state index contributed by atoms with van der Waals surface area (Å²) < 4.78 is 28.3. The molecule has 0 saturated carbocycles. The Morgan fingerprint density at radius 2 is 2.17 bits per heavy atom. The quantitative estimate of drug-likeness (QED) is 0.938. The molecule has 18 heavy (non-hydrogen) atoms. The van der Waals surface area contributed by atoms with Crippen molar-refractivity contribution in [3.63, 3.8) is 0 Å². The SMILES string of the molecule is CNC(CS(C)(=O)=O)c1cc2cccc(Cl)c2o1. The molecule has 2 aromatic rings. The molecule has 1 unspecified atom stereocenters. The first kappa shape index (κ1) is 13.4. The topological polar surface area (TPSA) is 59.3 Å². The summed E-state index contributed by atoms with van der Waals surface area (Å²) in [6.45, 7) is 0. The summed E-state index contributed by atoms with van der Waals surface area (Å²) in [7, 11) is -1.39. The van der Waals surface area contributed by atoms with Crippen LogP contribution in [0.3, 0.4) is 0 Å². The molecule has 0 radical (unpaired) electrons. The maximum Gasteiger partial charge on any atom is 0.152 e. The first-order valence-corrected chi connectivity index (χ1v) is 7.87. The fourth-order valence-corrected chi connectivity index (χ4v) is 2.99. The molecule has 1 aromatic heterocycles. The Labute approximate surface area is 111 Å². The number of furan rings is 1. The number of halogens is 1. The van der Waals surface area contributed by atoms with Gasteiger partial charge >= 0.3 is 0 Å². The molecule has 0 spiro atoms. The lowest BCUT2D eigenvalue weighted by Crippen LogP contribution is -2.24. The highest BCUT2D eigenvalue weighted by molar-refractivity contribution is 7.90. The predicted molar refractivity (Wildman–Crippen MR) is 72.7 cm³/mol. The van der Waals surface area contributed by atoms with Crippen LogP contribution in [0.5, 0.6) is 0 Å². The van der Waals surface area contributed by atoms with Gasteiger partial charge in [-0.05, 0) is 19.2 Å². The first-order chi connectivity index (χ1) is 8.40. The molecule has 0 saturated heterocycles. The van der Waals surface area contributed by atoms with Crippen molar-refractivity contribution >= 4 is 32.4 Å². The van der Waals surface area contributed by atoms with Crippen molar-refractivity contribution < 1.29 is 12.8 Å². The van der Waals surface area contributed by atoms with Crippen LogP contribution < -0.4 is 5.32 Å². The Hall–Kier alpha value is -1.04. The maximum atomic E-state index is 11.3. The molecule has 98 valence electrons. The van der Waals surface area contributed by atoms with Crippen LogP contribution >= 0.6 is 11.6 Å². The van der Waals surface area contributed by atoms with E-state index in [1.54, 1.807) is 13.1 Å². The minimum atomic E-state index is -3.09. The van der Waals surface area contributed by atoms with Gasteiger partial charge in [-0.2, -0.15) is 0 Å². The van der Waals surface area contributed by atoms with Crippen molar-refractivity contribution in [2.75, 3.05) is 19.1 Å². The number of hydrogen-bond acceptors (Lipinski definition) is 4. The molecule has 1 atom stereocenters. The normalized spacial score (nSPS) is 13.9. The lowest BCUT2D eigenvalue weighted by atomic mass is 10.2. The average Bonchev–Trinajstić information content (AvgIpc) is 2.70. The van der Waals surface area contributed by atoms with Crippen LogP contribution in [0.1, 0.15) is 11.8 Å². The highest BCUT2D eigenvalue weighted by Crippen LogP contribution is 2.29. The van der Waals surface area contributed by atoms with E-state index in [0.29, 0.717) is 16.4 Å². The van der Waals surface area contributed by atoms with Gasteiger partial charge in [-0.1, -0.05) is 23.7 Å². The second-order valence-corrected chi connectivity index (χ2v) is 6.83. The molecule has 0 bridgehead atoms. The second kappa shape index (κ2) is 4.91. The Bertz CT molecular complexity index is 663. The lowest BCUT2D eigenvalue weighted by molar-refractivity contribution is 0.472.